The van der Waals surface area contributed by atoms with E-state index in [2.05, 4.69) is 4.98 Å². The van der Waals surface area contributed by atoms with E-state index in [1.807, 2.05) is 34.9 Å². The van der Waals surface area contributed by atoms with Gasteiger partial charge in [0.2, 0.25) is 0 Å². The molecule has 3 aromatic heterocycles. The van der Waals surface area contributed by atoms with Crippen LogP contribution in [0.3, 0.4) is 0 Å². The van der Waals surface area contributed by atoms with Gasteiger partial charge in [-0.2, -0.15) is 0 Å². The van der Waals surface area contributed by atoms with Crippen molar-refractivity contribution >= 4 is 44.1 Å². The van der Waals surface area contributed by atoms with E-state index in [9.17, 15) is 13.2 Å². The maximum absolute atomic E-state index is 13.1. The Morgan fingerprint density at radius 3 is 2.63 bits per heavy atom. The zero-order valence-electron chi connectivity index (χ0n) is 16.5. The molecule has 0 saturated heterocycles. The first-order chi connectivity index (χ1) is 14.4. The maximum atomic E-state index is 13.1. The summed E-state index contributed by atoms with van der Waals surface area (Å²) in [6.07, 6.45) is 1.79. The van der Waals surface area contributed by atoms with E-state index in [0.29, 0.717) is 17.7 Å². The predicted octanol–water partition coefficient (Wildman–Crippen LogP) is 4.08. The number of anilines is 1. The van der Waals surface area contributed by atoms with Crippen LogP contribution < -0.4 is 4.31 Å². The van der Waals surface area contributed by atoms with Crippen molar-refractivity contribution in [2.24, 2.45) is 0 Å². The molecule has 0 aliphatic rings. The van der Waals surface area contributed by atoms with Gasteiger partial charge in [0.15, 0.2) is 0 Å². The van der Waals surface area contributed by atoms with Crippen molar-refractivity contribution in [1.29, 1.82) is 0 Å². The molecule has 0 amide bonds. The van der Waals surface area contributed by atoms with Crippen LogP contribution in [-0.4, -0.2) is 37.6 Å². The van der Waals surface area contributed by atoms with Crippen LogP contribution in [0.5, 0.6) is 0 Å². The first-order valence-corrected chi connectivity index (χ1v) is 11.7. The van der Waals surface area contributed by atoms with E-state index in [1.165, 1.54) is 11.4 Å². The molecule has 7 nitrogen and oxygen atoms in total. The zero-order valence-corrected chi connectivity index (χ0v) is 18.2. The van der Waals surface area contributed by atoms with Crippen LogP contribution in [0.4, 0.5) is 5.69 Å². The first-order valence-electron chi connectivity index (χ1n) is 9.37. The summed E-state index contributed by atoms with van der Waals surface area (Å²) in [5.74, 6) is -0.477. The van der Waals surface area contributed by atoms with Gasteiger partial charge in [-0.3, -0.25) is 4.31 Å². The number of aromatic nitrogens is 2. The van der Waals surface area contributed by atoms with E-state index in [0.717, 1.165) is 22.4 Å². The SMILES string of the molecule is CCOC(=O)c1cc2c([nH]1)c(N(C)S(=O)(=O)c1cccs1)cn2Cc1ccccc1. The molecular weight excluding hydrogens is 422 g/mol. The fourth-order valence-electron chi connectivity index (χ4n) is 3.29. The van der Waals surface area contributed by atoms with Crippen LogP contribution >= 0.6 is 11.3 Å². The maximum Gasteiger partial charge on any atom is 0.354 e. The van der Waals surface area contributed by atoms with Crippen molar-refractivity contribution in [2.45, 2.75) is 17.7 Å². The number of hydrogen-bond donors (Lipinski definition) is 1. The number of ether oxygens (including phenoxy) is 1. The molecule has 3 heterocycles. The highest BCUT2D eigenvalue weighted by atomic mass is 32.2. The van der Waals surface area contributed by atoms with E-state index < -0.39 is 16.0 Å². The summed E-state index contributed by atoms with van der Waals surface area (Å²) < 4.78 is 34.7. The van der Waals surface area contributed by atoms with Gasteiger partial charge in [0, 0.05) is 19.8 Å². The van der Waals surface area contributed by atoms with Gasteiger partial charge in [0.05, 0.1) is 23.3 Å². The molecule has 0 unspecified atom stereocenters. The Morgan fingerprint density at radius 2 is 1.97 bits per heavy atom. The molecule has 4 rings (SSSR count). The lowest BCUT2D eigenvalue weighted by molar-refractivity contribution is 0.0520. The highest BCUT2D eigenvalue weighted by Crippen LogP contribution is 2.33. The number of aromatic amines is 1. The fourth-order valence-corrected chi connectivity index (χ4v) is 5.65. The van der Waals surface area contributed by atoms with Gasteiger partial charge in [-0.1, -0.05) is 36.4 Å². The smallest absolute Gasteiger partial charge is 0.354 e. The molecule has 0 spiro atoms. The average molecular weight is 444 g/mol. The standard InChI is InChI=1S/C21H21N3O4S2/c1-3-28-21(25)16-12-17-20(22-16)18(14-24(17)13-15-8-5-4-6-9-15)23(2)30(26,27)19-10-7-11-29-19/h4-12,14,22H,3,13H2,1-2H3. The van der Waals surface area contributed by atoms with E-state index in [-0.39, 0.29) is 16.5 Å². The average Bonchev–Trinajstić information content (AvgIpc) is 3.47. The lowest BCUT2D eigenvalue weighted by atomic mass is 10.2. The lowest BCUT2D eigenvalue weighted by Gasteiger charge is -2.17. The topological polar surface area (TPSA) is 84.4 Å². The number of carbonyl (C=O) groups excluding carboxylic acids is 1. The van der Waals surface area contributed by atoms with Crippen molar-refractivity contribution in [3.05, 3.63) is 71.4 Å². The normalized spacial score (nSPS) is 11.7. The molecule has 0 bridgehead atoms. The van der Waals surface area contributed by atoms with Crippen LogP contribution in [0.1, 0.15) is 23.0 Å². The fraction of sp³-hybridized carbons (Fsp3) is 0.190. The second-order valence-corrected chi connectivity index (χ2v) is 9.84. The van der Waals surface area contributed by atoms with E-state index in [1.54, 1.807) is 36.7 Å². The quantitative estimate of drug-likeness (QED) is 0.436. The number of carbonyl (C=O) groups is 1. The number of benzene rings is 1. The minimum absolute atomic E-state index is 0.256. The third-order valence-corrected chi connectivity index (χ3v) is 7.93. The Labute approximate surface area is 178 Å². The number of rotatable bonds is 7. The molecule has 4 aromatic rings. The largest absolute Gasteiger partial charge is 0.461 e. The minimum Gasteiger partial charge on any atom is -0.461 e. The van der Waals surface area contributed by atoms with Gasteiger partial charge in [0.25, 0.3) is 10.0 Å². The molecule has 156 valence electrons. The molecular formula is C21H21N3O4S2. The van der Waals surface area contributed by atoms with Crippen molar-refractivity contribution in [3.63, 3.8) is 0 Å². The van der Waals surface area contributed by atoms with Gasteiger partial charge in [-0.25, -0.2) is 13.2 Å². The number of nitrogens with one attached hydrogen (secondary N) is 1. The van der Waals surface area contributed by atoms with Crippen molar-refractivity contribution in [2.75, 3.05) is 18.0 Å². The summed E-state index contributed by atoms with van der Waals surface area (Å²) in [4.78, 5) is 15.3. The Balaban J connectivity index is 1.83. The van der Waals surface area contributed by atoms with Gasteiger partial charge in [-0.05, 0) is 30.0 Å². The number of sulfonamides is 1. The van der Waals surface area contributed by atoms with Crippen LogP contribution in [0.15, 0.2) is 64.3 Å². The summed E-state index contributed by atoms with van der Waals surface area (Å²) in [5.41, 5.74) is 3.10. The molecule has 1 N–H and O–H groups in total. The van der Waals surface area contributed by atoms with E-state index >= 15 is 0 Å². The van der Waals surface area contributed by atoms with Gasteiger partial charge >= 0.3 is 5.97 Å². The van der Waals surface area contributed by atoms with Gasteiger partial charge in [-0.15, -0.1) is 11.3 Å². The number of hydrogen-bond acceptors (Lipinski definition) is 5. The number of esters is 1. The third-order valence-electron chi connectivity index (χ3n) is 4.78. The molecule has 9 heteroatoms. The molecule has 1 aromatic carbocycles. The van der Waals surface area contributed by atoms with Gasteiger partial charge < -0.3 is 14.3 Å². The van der Waals surface area contributed by atoms with Gasteiger partial charge in [0.1, 0.15) is 9.90 Å². The zero-order chi connectivity index (χ0) is 21.3. The van der Waals surface area contributed by atoms with Crippen molar-refractivity contribution in [3.8, 4) is 0 Å². The molecule has 0 saturated carbocycles. The molecule has 0 aliphatic carbocycles. The van der Waals surface area contributed by atoms with Crippen LogP contribution in [0.2, 0.25) is 0 Å². The number of fused-ring (bicyclic) bond motifs is 1. The molecule has 0 atom stereocenters. The third kappa shape index (κ3) is 3.61. The Hall–Kier alpha value is -3.04. The molecule has 30 heavy (non-hydrogen) atoms. The summed E-state index contributed by atoms with van der Waals surface area (Å²) in [5, 5.41) is 1.73. The number of thiophene rings is 1. The van der Waals surface area contributed by atoms with Crippen LogP contribution in [-0.2, 0) is 21.3 Å². The number of nitrogens with zero attached hydrogens (tertiary/aromatic N) is 2. The Kier molecular flexibility index (Phi) is 5.40. The summed E-state index contributed by atoms with van der Waals surface area (Å²) >= 11 is 1.16. The summed E-state index contributed by atoms with van der Waals surface area (Å²) in [6.45, 7) is 2.53. The van der Waals surface area contributed by atoms with Crippen molar-refractivity contribution < 1.29 is 17.9 Å². The van der Waals surface area contributed by atoms with Crippen molar-refractivity contribution in [1.82, 2.24) is 9.55 Å². The highest BCUT2D eigenvalue weighted by Gasteiger charge is 2.27. The second kappa shape index (κ2) is 8.00. The van der Waals surface area contributed by atoms with E-state index in [4.69, 9.17) is 4.74 Å². The molecule has 0 fully saturated rings. The Morgan fingerprint density at radius 1 is 1.20 bits per heavy atom. The summed E-state index contributed by atoms with van der Waals surface area (Å²) in [7, 11) is -2.20. The molecule has 0 radical (unpaired) electrons. The second-order valence-electron chi connectivity index (χ2n) is 6.70. The highest BCUT2D eigenvalue weighted by molar-refractivity contribution is 7.94. The monoisotopic (exact) mass is 443 g/mol. The lowest BCUT2D eigenvalue weighted by Crippen LogP contribution is -2.25. The van der Waals surface area contributed by atoms with Crippen LogP contribution in [0.25, 0.3) is 11.0 Å². The minimum atomic E-state index is -3.72. The number of H-pyrrole nitrogens is 1. The predicted molar refractivity (Wildman–Crippen MR) is 118 cm³/mol. The summed E-state index contributed by atoms with van der Waals surface area (Å²) in [6, 6.07) is 14.8. The molecule has 0 aliphatic heterocycles. The van der Waals surface area contributed by atoms with Crippen LogP contribution in [0, 0.1) is 0 Å². The first kappa shape index (κ1) is 20.2. The Bertz CT molecular complexity index is 1270.